The van der Waals surface area contributed by atoms with Crippen LogP contribution in [-0.2, 0) is 4.74 Å². The van der Waals surface area contributed by atoms with Crippen LogP contribution in [0.25, 0.3) is 16.6 Å². The van der Waals surface area contributed by atoms with Crippen molar-refractivity contribution >= 4 is 28.3 Å². The van der Waals surface area contributed by atoms with Crippen LogP contribution in [0, 0.1) is 11.8 Å². The Morgan fingerprint density at radius 2 is 2.12 bits per heavy atom. The third kappa shape index (κ3) is 3.25. The van der Waals surface area contributed by atoms with Gasteiger partial charge in [-0.2, -0.15) is 0 Å². The zero-order valence-corrected chi connectivity index (χ0v) is 18.9. The molecule has 34 heavy (non-hydrogen) atoms. The van der Waals surface area contributed by atoms with Crippen molar-refractivity contribution in [1.29, 1.82) is 0 Å². The molecule has 1 atom stereocenters. The summed E-state index contributed by atoms with van der Waals surface area (Å²) in [5.74, 6) is 7.47. The Kier molecular flexibility index (Phi) is 4.51. The van der Waals surface area contributed by atoms with Gasteiger partial charge in [0.1, 0.15) is 29.3 Å². The van der Waals surface area contributed by atoms with Crippen LogP contribution in [-0.4, -0.2) is 51.5 Å². The smallest absolute Gasteiger partial charge is 0.254 e. The second-order valence-electron chi connectivity index (χ2n) is 8.79. The van der Waals surface area contributed by atoms with Gasteiger partial charge in [0.05, 0.1) is 29.6 Å². The van der Waals surface area contributed by atoms with Crippen molar-refractivity contribution in [3.8, 4) is 17.6 Å². The summed E-state index contributed by atoms with van der Waals surface area (Å²) in [6.45, 7) is 0.397. The molecule has 0 spiro atoms. The number of amides is 1. The highest BCUT2D eigenvalue weighted by atomic mass is 16.5. The highest BCUT2D eigenvalue weighted by Gasteiger charge is 2.41. The monoisotopic (exact) mass is 453 g/mol. The number of ether oxygens (including phenoxy) is 2. The molecule has 8 nitrogen and oxygen atoms in total. The van der Waals surface area contributed by atoms with E-state index in [4.69, 9.17) is 15.2 Å². The molecule has 0 unspecified atom stereocenters. The molecule has 1 saturated carbocycles. The van der Waals surface area contributed by atoms with Gasteiger partial charge < -0.3 is 20.1 Å². The van der Waals surface area contributed by atoms with Gasteiger partial charge >= 0.3 is 0 Å². The van der Waals surface area contributed by atoms with E-state index in [9.17, 15) is 4.79 Å². The number of hydrogen-bond donors (Lipinski definition) is 1. The van der Waals surface area contributed by atoms with Gasteiger partial charge in [0, 0.05) is 30.8 Å². The first-order chi connectivity index (χ1) is 16.5. The lowest BCUT2D eigenvalue weighted by Crippen LogP contribution is -2.32. The molecule has 4 aromatic rings. The molecule has 0 radical (unpaired) electrons. The minimum absolute atomic E-state index is 0.104. The predicted octanol–water partition coefficient (Wildman–Crippen LogP) is 3.20. The number of benzene rings is 2. The molecule has 1 amide bonds. The number of rotatable bonds is 3. The number of carbonyl (C=O) groups excluding carboxylic acids is 1. The van der Waals surface area contributed by atoms with Crippen molar-refractivity contribution in [3.05, 3.63) is 65.6 Å². The minimum atomic E-state index is -0.279. The van der Waals surface area contributed by atoms with Crippen LogP contribution in [0.4, 0.5) is 5.82 Å². The van der Waals surface area contributed by atoms with E-state index < -0.39 is 0 Å². The van der Waals surface area contributed by atoms with Gasteiger partial charge in [-0.3, -0.25) is 9.20 Å². The summed E-state index contributed by atoms with van der Waals surface area (Å²) < 4.78 is 13.2. The third-order valence-electron chi connectivity index (χ3n) is 6.71. The van der Waals surface area contributed by atoms with E-state index in [1.54, 1.807) is 37.6 Å². The number of likely N-dealkylation sites (N-methyl/N-ethyl adjacent to an activating group) is 1. The van der Waals surface area contributed by atoms with Crippen LogP contribution in [0.1, 0.15) is 40.4 Å². The van der Waals surface area contributed by atoms with E-state index in [-0.39, 0.29) is 17.6 Å². The van der Waals surface area contributed by atoms with Gasteiger partial charge in [-0.05, 0) is 43.2 Å². The second kappa shape index (κ2) is 7.47. The van der Waals surface area contributed by atoms with E-state index in [0.717, 1.165) is 35.2 Å². The number of hydrogen-bond acceptors (Lipinski definition) is 6. The zero-order chi connectivity index (χ0) is 23.4. The lowest BCUT2D eigenvalue weighted by atomic mass is 10.0. The lowest BCUT2D eigenvalue weighted by Gasteiger charge is -2.24. The van der Waals surface area contributed by atoms with Crippen molar-refractivity contribution < 1.29 is 14.3 Å². The van der Waals surface area contributed by atoms with E-state index in [1.165, 1.54) is 0 Å². The largest absolute Gasteiger partial charge is 0.491 e. The fraction of sp³-hybridized carbons (Fsp3) is 0.269. The van der Waals surface area contributed by atoms with Gasteiger partial charge in [0.15, 0.2) is 0 Å². The molecule has 0 saturated heterocycles. The van der Waals surface area contributed by atoms with Crippen molar-refractivity contribution in [2.24, 2.45) is 0 Å². The summed E-state index contributed by atoms with van der Waals surface area (Å²) in [6.07, 6.45) is 5.27. The molecule has 1 aliphatic heterocycles. The number of aromatic nitrogens is 3. The number of anilines is 1. The van der Waals surface area contributed by atoms with Crippen LogP contribution in [0.15, 0.2) is 48.9 Å². The van der Waals surface area contributed by atoms with Crippen molar-refractivity contribution in [2.75, 3.05) is 26.5 Å². The summed E-state index contributed by atoms with van der Waals surface area (Å²) in [5, 5.41) is 0. The van der Waals surface area contributed by atoms with Crippen molar-refractivity contribution in [3.63, 3.8) is 0 Å². The van der Waals surface area contributed by atoms with Crippen LogP contribution in [0.3, 0.4) is 0 Å². The molecule has 1 aliphatic carbocycles. The first kappa shape index (κ1) is 20.5. The van der Waals surface area contributed by atoms with Crippen LogP contribution < -0.4 is 10.5 Å². The third-order valence-corrected chi connectivity index (χ3v) is 6.71. The maximum Gasteiger partial charge on any atom is 0.254 e. The highest BCUT2D eigenvalue weighted by Crippen LogP contribution is 2.39. The van der Waals surface area contributed by atoms with E-state index in [2.05, 4.69) is 21.8 Å². The number of imidazole rings is 1. The minimum Gasteiger partial charge on any atom is -0.491 e. The van der Waals surface area contributed by atoms with Crippen LogP contribution in [0.2, 0.25) is 0 Å². The zero-order valence-electron chi connectivity index (χ0n) is 18.9. The van der Waals surface area contributed by atoms with Crippen LogP contribution >= 0.6 is 0 Å². The standard InChI is InChI=1S/C26H23N5O3/c1-30(22-14-34-23-11-16(3-5-18(22)23)7-8-26(33-2)9-10-26)25(32)17-4-6-19-20(12-17)31-15-28-13-21(31)24(27)29-19/h3-6,11-13,15,22H,9-10,14H2,1-2H3,(H2,27,29)/t22-/m1/s1. The fourth-order valence-corrected chi connectivity index (χ4v) is 4.42. The number of methoxy groups -OCH3 is 1. The molecule has 2 N–H and O–H groups in total. The average Bonchev–Trinajstić information content (AvgIpc) is 3.26. The molecule has 6 rings (SSSR count). The van der Waals surface area contributed by atoms with Gasteiger partial charge in [0.2, 0.25) is 0 Å². The number of carbonyl (C=O) groups is 1. The Hall–Kier alpha value is -4.09. The Bertz CT molecular complexity index is 1530. The maximum atomic E-state index is 13.4. The van der Waals surface area contributed by atoms with Crippen molar-refractivity contribution in [1.82, 2.24) is 19.3 Å². The molecule has 8 heteroatoms. The Morgan fingerprint density at radius 1 is 1.26 bits per heavy atom. The Labute approximate surface area is 196 Å². The molecule has 2 aromatic carbocycles. The molecule has 2 aromatic heterocycles. The Balaban J connectivity index is 1.28. The molecular weight excluding hydrogens is 430 g/mol. The van der Waals surface area contributed by atoms with Gasteiger partial charge in [0.25, 0.3) is 5.91 Å². The molecule has 170 valence electrons. The maximum absolute atomic E-state index is 13.4. The number of nitrogens with zero attached hydrogens (tertiary/aromatic N) is 4. The average molecular weight is 454 g/mol. The van der Waals surface area contributed by atoms with Gasteiger partial charge in [-0.15, -0.1) is 0 Å². The number of fused-ring (bicyclic) bond motifs is 4. The first-order valence-corrected chi connectivity index (χ1v) is 11.1. The van der Waals surface area contributed by atoms with E-state index in [0.29, 0.717) is 29.0 Å². The van der Waals surface area contributed by atoms with E-state index >= 15 is 0 Å². The topological polar surface area (TPSA) is 95.0 Å². The molecule has 2 aliphatic rings. The van der Waals surface area contributed by atoms with Gasteiger partial charge in [-0.25, -0.2) is 9.97 Å². The van der Waals surface area contributed by atoms with Crippen molar-refractivity contribution in [2.45, 2.75) is 24.5 Å². The lowest BCUT2D eigenvalue weighted by molar-refractivity contribution is 0.0708. The molecule has 3 heterocycles. The quantitative estimate of drug-likeness (QED) is 0.479. The summed E-state index contributed by atoms with van der Waals surface area (Å²) in [5.41, 5.74) is 10.3. The highest BCUT2D eigenvalue weighted by molar-refractivity contribution is 5.98. The summed E-state index contributed by atoms with van der Waals surface area (Å²) >= 11 is 0. The SMILES string of the molecule is COC1(C#Cc2ccc3c(c2)OC[C@H]3N(C)C(=O)c2ccc3nc(N)c4cncn4c3c2)CC1. The number of nitrogen functional groups attached to an aromatic ring is 1. The summed E-state index contributed by atoms with van der Waals surface area (Å²) in [4.78, 5) is 23.7. The second-order valence-corrected chi connectivity index (χ2v) is 8.79. The molecule has 1 fully saturated rings. The number of nitrogens with two attached hydrogens (primary N) is 1. The Morgan fingerprint density at radius 3 is 2.91 bits per heavy atom. The van der Waals surface area contributed by atoms with Gasteiger partial charge in [-0.1, -0.05) is 17.9 Å². The molecule has 0 bridgehead atoms. The summed E-state index contributed by atoms with van der Waals surface area (Å²) in [6, 6.07) is 11.1. The fourth-order valence-electron chi connectivity index (χ4n) is 4.42. The first-order valence-electron chi connectivity index (χ1n) is 11.1. The predicted molar refractivity (Wildman–Crippen MR) is 128 cm³/mol. The summed E-state index contributed by atoms with van der Waals surface area (Å²) in [7, 11) is 3.50. The van der Waals surface area contributed by atoms with Crippen LogP contribution in [0.5, 0.6) is 5.75 Å². The normalized spacial score (nSPS) is 17.6. The van der Waals surface area contributed by atoms with E-state index in [1.807, 2.05) is 34.7 Å². The molecular formula is C26H23N5O3.